The lowest BCUT2D eigenvalue weighted by molar-refractivity contribution is 0.0702. The van der Waals surface area contributed by atoms with Crippen LogP contribution in [-0.4, -0.2) is 37.8 Å². The SMILES string of the molecule is CCCCCC(O)c1ccc(C2C(O)CC(Cl)C2CCCc2ncc(C(=O)O)s2)cc1. The third kappa shape index (κ3) is 6.28. The first-order valence-corrected chi connectivity index (χ1v) is 12.4. The quantitative estimate of drug-likeness (QED) is 0.299. The van der Waals surface area contributed by atoms with Gasteiger partial charge in [0, 0.05) is 11.3 Å². The minimum atomic E-state index is -0.942. The van der Waals surface area contributed by atoms with Crippen molar-refractivity contribution < 1.29 is 20.1 Å². The van der Waals surface area contributed by atoms with Crippen molar-refractivity contribution in [3.63, 3.8) is 0 Å². The Hall–Kier alpha value is -1.47. The fourth-order valence-electron chi connectivity index (χ4n) is 4.60. The Bertz CT molecular complexity index is 840. The number of carboxylic acid groups (broad SMARTS) is 1. The third-order valence-corrected chi connectivity index (χ3v) is 7.83. The lowest BCUT2D eigenvalue weighted by Crippen LogP contribution is -2.19. The molecule has 1 fully saturated rings. The van der Waals surface area contributed by atoms with Crippen LogP contribution in [-0.2, 0) is 6.42 Å². The van der Waals surface area contributed by atoms with Crippen LogP contribution in [0.5, 0.6) is 0 Å². The number of nitrogens with zero attached hydrogens (tertiary/aromatic N) is 1. The number of aromatic carboxylic acids is 1. The Balaban J connectivity index is 1.61. The van der Waals surface area contributed by atoms with Crippen LogP contribution in [0.3, 0.4) is 0 Å². The average Bonchev–Trinajstić information content (AvgIpc) is 3.33. The van der Waals surface area contributed by atoms with Crippen LogP contribution in [0.25, 0.3) is 0 Å². The Morgan fingerprint density at radius 3 is 2.65 bits per heavy atom. The monoisotopic (exact) mass is 465 g/mol. The van der Waals surface area contributed by atoms with Crippen molar-refractivity contribution >= 4 is 28.9 Å². The van der Waals surface area contributed by atoms with Crippen LogP contribution in [0.15, 0.2) is 30.5 Å². The maximum absolute atomic E-state index is 11.0. The molecule has 0 spiro atoms. The highest BCUT2D eigenvalue weighted by atomic mass is 35.5. The third-order valence-electron chi connectivity index (χ3n) is 6.29. The molecule has 5 unspecified atom stereocenters. The number of aryl methyl sites for hydroxylation is 1. The van der Waals surface area contributed by atoms with E-state index in [0.717, 1.165) is 54.7 Å². The minimum absolute atomic E-state index is 0.0281. The molecule has 170 valence electrons. The normalized spacial score (nSPS) is 24.4. The second kappa shape index (κ2) is 11.4. The molecule has 1 saturated carbocycles. The summed E-state index contributed by atoms with van der Waals surface area (Å²) in [6.45, 7) is 2.15. The van der Waals surface area contributed by atoms with Gasteiger partial charge in [-0.15, -0.1) is 22.9 Å². The van der Waals surface area contributed by atoms with E-state index in [-0.39, 0.29) is 22.1 Å². The zero-order valence-electron chi connectivity index (χ0n) is 17.9. The summed E-state index contributed by atoms with van der Waals surface area (Å²) in [4.78, 5) is 15.5. The van der Waals surface area contributed by atoms with Crippen molar-refractivity contribution in [1.82, 2.24) is 4.98 Å². The zero-order chi connectivity index (χ0) is 22.4. The summed E-state index contributed by atoms with van der Waals surface area (Å²) in [6.07, 6.45) is 7.50. The Morgan fingerprint density at radius 2 is 2.00 bits per heavy atom. The number of carboxylic acids is 1. The molecule has 0 amide bonds. The second-order valence-electron chi connectivity index (χ2n) is 8.50. The van der Waals surface area contributed by atoms with E-state index < -0.39 is 18.2 Å². The molecule has 1 aromatic carbocycles. The first kappa shape index (κ1) is 24.2. The van der Waals surface area contributed by atoms with E-state index >= 15 is 0 Å². The molecule has 3 rings (SSSR count). The van der Waals surface area contributed by atoms with E-state index in [1.807, 2.05) is 24.3 Å². The highest BCUT2D eigenvalue weighted by molar-refractivity contribution is 7.13. The van der Waals surface area contributed by atoms with Crippen molar-refractivity contribution in [2.45, 2.75) is 81.8 Å². The number of rotatable bonds is 11. The number of alkyl halides is 1. The van der Waals surface area contributed by atoms with Crippen molar-refractivity contribution in [3.8, 4) is 0 Å². The van der Waals surface area contributed by atoms with Crippen LogP contribution in [0.2, 0.25) is 0 Å². The summed E-state index contributed by atoms with van der Waals surface area (Å²) in [7, 11) is 0. The van der Waals surface area contributed by atoms with E-state index in [2.05, 4.69) is 11.9 Å². The first-order valence-electron chi connectivity index (χ1n) is 11.2. The van der Waals surface area contributed by atoms with Crippen molar-refractivity contribution in [1.29, 1.82) is 0 Å². The number of aliphatic hydroxyl groups excluding tert-OH is 2. The molecule has 0 radical (unpaired) electrons. The lowest BCUT2D eigenvalue weighted by Gasteiger charge is -2.24. The molecule has 0 bridgehead atoms. The molecule has 1 heterocycles. The van der Waals surface area contributed by atoms with Crippen LogP contribution < -0.4 is 0 Å². The molecule has 5 nitrogen and oxygen atoms in total. The summed E-state index contributed by atoms with van der Waals surface area (Å²) >= 11 is 7.82. The average molecular weight is 466 g/mol. The first-order chi connectivity index (χ1) is 14.9. The molecule has 31 heavy (non-hydrogen) atoms. The molecule has 1 aliphatic carbocycles. The number of halogens is 1. The van der Waals surface area contributed by atoms with Gasteiger partial charge in [0.25, 0.3) is 0 Å². The predicted molar refractivity (Wildman–Crippen MR) is 124 cm³/mol. The molecule has 5 atom stereocenters. The van der Waals surface area contributed by atoms with Crippen molar-refractivity contribution in [2.24, 2.45) is 5.92 Å². The number of aromatic nitrogens is 1. The molecule has 3 N–H and O–H groups in total. The number of aliphatic hydroxyl groups is 2. The van der Waals surface area contributed by atoms with Gasteiger partial charge < -0.3 is 15.3 Å². The highest BCUT2D eigenvalue weighted by Crippen LogP contribution is 2.45. The van der Waals surface area contributed by atoms with E-state index in [0.29, 0.717) is 12.8 Å². The summed E-state index contributed by atoms with van der Waals surface area (Å²) in [5.41, 5.74) is 1.98. The number of hydrogen-bond acceptors (Lipinski definition) is 5. The van der Waals surface area contributed by atoms with Gasteiger partial charge in [-0.25, -0.2) is 9.78 Å². The predicted octanol–water partition coefficient (Wildman–Crippen LogP) is 5.55. The number of unbranched alkanes of at least 4 members (excludes halogenated alkanes) is 2. The molecular weight excluding hydrogens is 434 g/mol. The molecule has 0 saturated heterocycles. The molecular formula is C24H32ClNO4S. The molecule has 7 heteroatoms. The fourth-order valence-corrected chi connectivity index (χ4v) is 5.86. The minimum Gasteiger partial charge on any atom is -0.477 e. The number of hydrogen-bond donors (Lipinski definition) is 3. The Labute approximate surface area is 193 Å². The number of carbonyl (C=O) groups is 1. The maximum Gasteiger partial charge on any atom is 0.347 e. The van der Waals surface area contributed by atoms with E-state index in [4.69, 9.17) is 16.7 Å². The summed E-state index contributed by atoms with van der Waals surface area (Å²) < 4.78 is 0. The molecule has 2 aromatic rings. The molecule has 0 aliphatic heterocycles. The van der Waals surface area contributed by atoms with E-state index in [9.17, 15) is 15.0 Å². The van der Waals surface area contributed by atoms with Crippen LogP contribution in [0, 0.1) is 5.92 Å². The van der Waals surface area contributed by atoms with Gasteiger partial charge in [-0.05, 0) is 49.1 Å². The van der Waals surface area contributed by atoms with Gasteiger partial charge in [-0.1, -0.05) is 50.5 Å². The van der Waals surface area contributed by atoms with E-state index in [1.165, 1.54) is 17.5 Å². The summed E-state index contributed by atoms with van der Waals surface area (Å²) in [5.74, 6) is -0.821. The van der Waals surface area contributed by atoms with Gasteiger partial charge in [0.15, 0.2) is 0 Å². The highest BCUT2D eigenvalue weighted by Gasteiger charge is 2.41. The van der Waals surface area contributed by atoms with E-state index in [1.54, 1.807) is 0 Å². The van der Waals surface area contributed by atoms with Gasteiger partial charge >= 0.3 is 5.97 Å². The van der Waals surface area contributed by atoms with Crippen LogP contribution in [0.1, 0.15) is 89.7 Å². The maximum atomic E-state index is 11.0. The number of thiazole rings is 1. The summed E-state index contributed by atoms with van der Waals surface area (Å²) in [5, 5.41) is 30.8. The van der Waals surface area contributed by atoms with Gasteiger partial charge in [0.05, 0.1) is 23.4 Å². The standard InChI is InChI=1S/C24H32ClNO4S/c1-2-3-4-7-19(27)15-9-11-16(12-10-15)23-17(18(25)13-20(23)28)6-5-8-22-26-14-21(31-22)24(29)30/h9-12,14,17-20,23,27-28H,2-8,13H2,1H3,(H,29,30). The van der Waals surface area contributed by atoms with Gasteiger partial charge in [0.2, 0.25) is 0 Å². The molecule has 1 aliphatic rings. The largest absolute Gasteiger partial charge is 0.477 e. The number of benzene rings is 1. The second-order valence-corrected chi connectivity index (χ2v) is 10.2. The van der Waals surface area contributed by atoms with Gasteiger partial charge in [-0.2, -0.15) is 0 Å². The Morgan fingerprint density at radius 1 is 1.26 bits per heavy atom. The zero-order valence-corrected chi connectivity index (χ0v) is 19.5. The smallest absolute Gasteiger partial charge is 0.347 e. The van der Waals surface area contributed by atoms with Crippen molar-refractivity contribution in [2.75, 3.05) is 0 Å². The summed E-state index contributed by atoms with van der Waals surface area (Å²) in [6, 6.07) is 7.99. The van der Waals surface area contributed by atoms with Crippen molar-refractivity contribution in [3.05, 3.63) is 51.5 Å². The fraction of sp³-hybridized carbons (Fsp3) is 0.583. The molecule has 1 aromatic heterocycles. The van der Waals surface area contributed by atoms with Crippen LogP contribution >= 0.6 is 22.9 Å². The van der Waals surface area contributed by atoms with Gasteiger partial charge in [0.1, 0.15) is 4.88 Å². The lowest BCUT2D eigenvalue weighted by atomic mass is 9.84. The Kier molecular flexibility index (Phi) is 8.90. The van der Waals surface area contributed by atoms with Crippen LogP contribution in [0.4, 0.5) is 0 Å². The van der Waals surface area contributed by atoms with Gasteiger partial charge in [-0.3, -0.25) is 0 Å². The topological polar surface area (TPSA) is 90.7 Å².